The van der Waals surface area contributed by atoms with Crippen molar-refractivity contribution in [2.45, 2.75) is 17.9 Å². The Morgan fingerprint density at radius 3 is 2.50 bits per heavy atom. The Balaban J connectivity index is 2.28. The molecule has 0 spiro atoms. The van der Waals surface area contributed by atoms with Gasteiger partial charge in [-0.3, -0.25) is 4.98 Å². The van der Waals surface area contributed by atoms with E-state index in [9.17, 15) is 8.42 Å². The molecule has 2 aromatic rings. The molecule has 0 aromatic carbocycles. The molecule has 0 aliphatic heterocycles. The van der Waals surface area contributed by atoms with E-state index in [1.807, 2.05) is 6.07 Å². The third-order valence-corrected chi connectivity index (χ3v) is 4.33. The molecule has 0 fully saturated rings. The molecule has 2 rings (SSSR count). The number of nitrogens with one attached hydrogen (secondary N) is 2. The van der Waals surface area contributed by atoms with Gasteiger partial charge in [0.1, 0.15) is 10.7 Å². The standard InChI is InChI=1S/C13H16N4O2S/c1-10(11-6-3-4-8-15-11)17-20(18,19)12-7-5-9-16-13(12)14-2/h3-10,17H,1-2H3,(H,14,16). The van der Waals surface area contributed by atoms with Crippen molar-refractivity contribution in [2.24, 2.45) is 0 Å². The molecule has 2 heterocycles. The zero-order valence-corrected chi connectivity index (χ0v) is 12.1. The van der Waals surface area contributed by atoms with E-state index in [2.05, 4.69) is 20.0 Å². The molecule has 0 saturated carbocycles. The molecule has 1 unspecified atom stereocenters. The second kappa shape index (κ2) is 5.98. The summed E-state index contributed by atoms with van der Waals surface area (Å²) in [7, 11) is -2.04. The summed E-state index contributed by atoms with van der Waals surface area (Å²) in [4.78, 5) is 8.25. The molecule has 2 N–H and O–H groups in total. The summed E-state index contributed by atoms with van der Waals surface area (Å²) in [5, 5.41) is 2.77. The Bertz CT molecular complexity index is 674. The van der Waals surface area contributed by atoms with Gasteiger partial charge < -0.3 is 5.32 Å². The van der Waals surface area contributed by atoms with Crippen LogP contribution in [0.15, 0.2) is 47.6 Å². The summed E-state index contributed by atoms with van der Waals surface area (Å²) >= 11 is 0. The zero-order valence-electron chi connectivity index (χ0n) is 11.2. The maximum absolute atomic E-state index is 12.4. The molecule has 0 bridgehead atoms. The van der Waals surface area contributed by atoms with Crippen LogP contribution < -0.4 is 10.0 Å². The molecule has 0 aliphatic rings. The van der Waals surface area contributed by atoms with Gasteiger partial charge in [-0.2, -0.15) is 0 Å². The van der Waals surface area contributed by atoms with Crippen LogP contribution in [0.1, 0.15) is 18.7 Å². The van der Waals surface area contributed by atoms with Gasteiger partial charge in [0.2, 0.25) is 10.0 Å². The molecule has 6 nitrogen and oxygen atoms in total. The quantitative estimate of drug-likeness (QED) is 0.873. The van der Waals surface area contributed by atoms with E-state index in [-0.39, 0.29) is 4.90 Å². The minimum Gasteiger partial charge on any atom is -0.372 e. The predicted octanol–water partition coefficient (Wildman–Crippen LogP) is 1.56. The first-order valence-corrected chi connectivity index (χ1v) is 7.59. The fraction of sp³-hybridized carbons (Fsp3) is 0.231. The molecule has 0 radical (unpaired) electrons. The maximum atomic E-state index is 12.4. The summed E-state index contributed by atoms with van der Waals surface area (Å²) in [6, 6.07) is 8.04. The van der Waals surface area contributed by atoms with Gasteiger partial charge in [0.15, 0.2) is 0 Å². The molecule has 2 aromatic heterocycles. The topological polar surface area (TPSA) is 84.0 Å². The number of aromatic nitrogens is 2. The van der Waals surface area contributed by atoms with Crippen molar-refractivity contribution in [3.8, 4) is 0 Å². The summed E-state index contributed by atoms with van der Waals surface area (Å²) in [5.41, 5.74) is 0.658. The molecule has 1 atom stereocenters. The Labute approximate surface area is 118 Å². The van der Waals surface area contributed by atoms with Crippen molar-refractivity contribution in [3.63, 3.8) is 0 Å². The SMILES string of the molecule is CNc1ncccc1S(=O)(=O)NC(C)c1ccccn1. The van der Waals surface area contributed by atoms with E-state index in [0.717, 1.165) is 0 Å². The van der Waals surface area contributed by atoms with Crippen LogP contribution >= 0.6 is 0 Å². The van der Waals surface area contributed by atoms with Crippen molar-refractivity contribution < 1.29 is 8.42 Å². The number of anilines is 1. The number of hydrogen-bond donors (Lipinski definition) is 2. The van der Waals surface area contributed by atoms with Crippen molar-refractivity contribution >= 4 is 15.8 Å². The highest BCUT2D eigenvalue weighted by molar-refractivity contribution is 7.89. The lowest BCUT2D eigenvalue weighted by Crippen LogP contribution is -2.28. The van der Waals surface area contributed by atoms with Crippen molar-refractivity contribution in [1.82, 2.24) is 14.7 Å². The monoisotopic (exact) mass is 292 g/mol. The number of sulfonamides is 1. The van der Waals surface area contributed by atoms with Crippen LogP contribution in [-0.2, 0) is 10.0 Å². The van der Waals surface area contributed by atoms with Gasteiger partial charge in [-0.25, -0.2) is 18.1 Å². The van der Waals surface area contributed by atoms with Gasteiger partial charge in [-0.1, -0.05) is 6.07 Å². The highest BCUT2D eigenvalue weighted by Gasteiger charge is 2.22. The zero-order chi connectivity index (χ0) is 14.6. The Morgan fingerprint density at radius 1 is 1.10 bits per heavy atom. The molecule has 0 amide bonds. The molecular weight excluding hydrogens is 276 g/mol. The number of pyridine rings is 2. The number of nitrogens with zero attached hydrogens (tertiary/aromatic N) is 2. The first-order chi connectivity index (χ1) is 9.54. The normalized spacial score (nSPS) is 12.9. The van der Waals surface area contributed by atoms with Gasteiger partial charge in [-0.05, 0) is 31.2 Å². The van der Waals surface area contributed by atoms with E-state index in [0.29, 0.717) is 11.5 Å². The van der Waals surface area contributed by atoms with Gasteiger partial charge >= 0.3 is 0 Å². The van der Waals surface area contributed by atoms with Crippen molar-refractivity contribution in [2.75, 3.05) is 12.4 Å². The van der Waals surface area contributed by atoms with Crippen LogP contribution in [0.25, 0.3) is 0 Å². The number of hydrogen-bond acceptors (Lipinski definition) is 5. The molecule has 0 saturated heterocycles. The fourth-order valence-electron chi connectivity index (χ4n) is 1.78. The average Bonchev–Trinajstić information content (AvgIpc) is 2.47. The van der Waals surface area contributed by atoms with Crippen molar-refractivity contribution in [1.29, 1.82) is 0 Å². The first kappa shape index (κ1) is 14.4. The predicted molar refractivity (Wildman–Crippen MR) is 76.8 cm³/mol. The second-order valence-corrected chi connectivity index (χ2v) is 5.88. The van der Waals surface area contributed by atoms with Gasteiger partial charge in [0, 0.05) is 19.4 Å². The molecular formula is C13H16N4O2S. The lowest BCUT2D eigenvalue weighted by Gasteiger charge is -2.15. The van der Waals surface area contributed by atoms with Crippen LogP contribution in [-0.4, -0.2) is 25.4 Å². The minimum atomic E-state index is -3.67. The fourth-order valence-corrected chi connectivity index (χ4v) is 3.16. The lowest BCUT2D eigenvalue weighted by atomic mass is 10.2. The minimum absolute atomic E-state index is 0.116. The average molecular weight is 292 g/mol. The van der Waals surface area contributed by atoms with E-state index < -0.39 is 16.1 Å². The van der Waals surface area contributed by atoms with Crippen LogP contribution in [0.5, 0.6) is 0 Å². The summed E-state index contributed by atoms with van der Waals surface area (Å²) in [5.74, 6) is 0.313. The lowest BCUT2D eigenvalue weighted by molar-refractivity contribution is 0.564. The highest BCUT2D eigenvalue weighted by atomic mass is 32.2. The van der Waals surface area contributed by atoms with Crippen LogP contribution in [0.3, 0.4) is 0 Å². The Kier molecular flexibility index (Phi) is 4.31. The largest absolute Gasteiger partial charge is 0.372 e. The van der Waals surface area contributed by atoms with Crippen LogP contribution in [0, 0.1) is 0 Å². The Morgan fingerprint density at radius 2 is 1.85 bits per heavy atom. The number of rotatable bonds is 5. The van der Waals surface area contributed by atoms with Crippen molar-refractivity contribution in [3.05, 3.63) is 48.4 Å². The van der Waals surface area contributed by atoms with E-state index in [1.54, 1.807) is 38.4 Å². The second-order valence-electron chi connectivity index (χ2n) is 4.20. The van der Waals surface area contributed by atoms with Gasteiger partial charge in [-0.15, -0.1) is 0 Å². The summed E-state index contributed by atoms with van der Waals surface area (Å²) in [6.45, 7) is 1.75. The third kappa shape index (κ3) is 3.12. The Hall–Kier alpha value is -1.99. The van der Waals surface area contributed by atoms with Gasteiger partial charge in [0.05, 0.1) is 11.7 Å². The molecule has 20 heavy (non-hydrogen) atoms. The summed E-state index contributed by atoms with van der Waals surface area (Å²) in [6.07, 6.45) is 3.16. The van der Waals surface area contributed by atoms with Gasteiger partial charge in [0.25, 0.3) is 0 Å². The summed E-state index contributed by atoms with van der Waals surface area (Å²) < 4.78 is 27.3. The van der Waals surface area contributed by atoms with E-state index in [4.69, 9.17) is 0 Å². The van der Waals surface area contributed by atoms with E-state index in [1.165, 1.54) is 12.3 Å². The van der Waals surface area contributed by atoms with Crippen LogP contribution in [0.4, 0.5) is 5.82 Å². The molecule has 0 aliphatic carbocycles. The first-order valence-electron chi connectivity index (χ1n) is 6.10. The molecule has 7 heteroatoms. The highest BCUT2D eigenvalue weighted by Crippen LogP contribution is 2.20. The van der Waals surface area contributed by atoms with Crippen LogP contribution in [0.2, 0.25) is 0 Å². The maximum Gasteiger partial charge on any atom is 0.244 e. The smallest absolute Gasteiger partial charge is 0.244 e. The molecule has 106 valence electrons. The third-order valence-electron chi connectivity index (χ3n) is 2.76. The van der Waals surface area contributed by atoms with E-state index >= 15 is 0 Å².